The molecule has 2 aliphatic heterocycles. The molecule has 0 radical (unpaired) electrons. The van der Waals surface area contributed by atoms with Crippen LogP contribution in [0.15, 0.2) is 0 Å². The van der Waals surface area contributed by atoms with Gasteiger partial charge in [-0.2, -0.15) is 0 Å². The zero-order chi connectivity index (χ0) is 13.4. The lowest BCUT2D eigenvalue weighted by Crippen LogP contribution is -2.60. The first-order valence-corrected chi connectivity index (χ1v) is 6.54. The average molecular weight is 374 g/mol. The SMILES string of the molecule is O=C1NC(=O)N([C@@H]2O[C@H](CO)[C@@H](O)[C@H]2F)CC1I. The molecular weight excluding hydrogens is 362 g/mol. The van der Waals surface area contributed by atoms with Crippen molar-refractivity contribution in [1.82, 2.24) is 10.2 Å². The second kappa shape index (κ2) is 5.23. The number of hydrogen-bond acceptors (Lipinski definition) is 5. The Morgan fingerprint density at radius 1 is 1.56 bits per heavy atom. The molecule has 5 atom stereocenters. The van der Waals surface area contributed by atoms with Crippen LogP contribution in [-0.4, -0.2) is 68.7 Å². The van der Waals surface area contributed by atoms with E-state index in [0.717, 1.165) is 4.90 Å². The van der Waals surface area contributed by atoms with E-state index in [4.69, 9.17) is 9.84 Å². The summed E-state index contributed by atoms with van der Waals surface area (Å²) >= 11 is 1.83. The van der Waals surface area contributed by atoms with E-state index in [-0.39, 0.29) is 6.54 Å². The molecule has 0 bridgehead atoms. The molecular formula is C9H12FIN2O5. The van der Waals surface area contributed by atoms with E-state index < -0.39 is 47.1 Å². The number of imide groups is 1. The molecule has 102 valence electrons. The molecule has 3 amide bonds. The lowest BCUT2D eigenvalue weighted by molar-refractivity contribution is -0.123. The molecule has 2 rings (SSSR count). The number of amides is 3. The first kappa shape index (κ1) is 13.9. The third kappa shape index (κ3) is 2.31. The number of ether oxygens (including phenoxy) is 1. The highest BCUT2D eigenvalue weighted by atomic mass is 127. The van der Waals surface area contributed by atoms with Crippen LogP contribution in [0.1, 0.15) is 0 Å². The van der Waals surface area contributed by atoms with Crippen LogP contribution >= 0.6 is 22.6 Å². The van der Waals surface area contributed by atoms with Gasteiger partial charge in [0.05, 0.1) is 6.61 Å². The number of alkyl halides is 2. The summed E-state index contributed by atoms with van der Waals surface area (Å²) in [5.74, 6) is -0.440. The number of nitrogens with zero attached hydrogens (tertiary/aromatic N) is 1. The van der Waals surface area contributed by atoms with E-state index in [1.165, 1.54) is 0 Å². The van der Waals surface area contributed by atoms with Crippen LogP contribution in [0, 0.1) is 0 Å². The van der Waals surface area contributed by atoms with Gasteiger partial charge in [-0.25, -0.2) is 9.18 Å². The van der Waals surface area contributed by atoms with Gasteiger partial charge in [0.15, 0.2) is 12.4 Å². The van der Waals surface area contributed by atoms with Crippen molar-refractivity contribution in [3.05, 3.63) is 0 Å². The van der Waals surface area contributed by atoms with E-state index in [1.807, 2.05) is 22.6 Å². The van der Waals surface area contributed by atoms with Gasteiger partial charge in [0, 0.05) is 6.54 Å². The van der Waals surface area contributed by atoms with Gasteiger partial charge in [-0.1, -0.05) is 22.6 Å². The van der Waals surface area contributed by atoms with Crippen LogP contribution in [0.4, 0.5) is 9.18 Å². The normalized spacial score (nSPS) is 41.1. The molecule has 9 heteroatoms. The Hall–Kier alpha value is -0.520. The van der Waals surface area contributed by atoms with Gasteiger partial charge < -0.3 is 14.9 Å². The Morgan fingerprint density at radius 3 is 2.78 bits per heavy atom. The molecule has 0 spiro atoms. The molecule has 2 fully saturated rings. The summed E-state index contributed by atoms with van der Waals surface area (Å²) in [6.07, 6.45) is -5.66. The molecule has 0 aromatic carbocycles. The Bertz CT molecular complexity index is 371. The largest absolute Gasteiger partial charge is 0.394 e. The number of carbonyl (C=O) groups is 2. The van der Waals surface area contributed by atoms with Gasteiger partial charge in [-0.05, 0) is 0 Å². The standard InChI is InChI=1S/C9H12FIN2O5/c10-5-6(15)4(2-14)18-8(5)13-1-3(11)7(16)12-9(13)17/h3-6,8,14-15H,1-2H2,(H,12,16,17)/t3?,4-,5-,6-,8-/m1/s1. The summed E-state index contributed by atoms with van der Waals surface area (Å²) in [5.41, 5.74) is 0. The van der Waals surface area contributed by atoms with Gasteiger partial charge >= 0.3 is 6.03 Å². The van der Waals surface area contributed by atoms with Crippen molar-refractivity contribution in [1.29, 1.82) is 0 Å². The van der Waals surface area contributed by atoms with Crippen molar-refractivity contribution in [3.63, 3.8) is 0 Å². The van der Waals surface area contributed by atoms with Crippen molar-refractivity contribution in [2.75, 3.05) is 13.2 Å². The van der Waals surface area contributed by atoms with E-state index in [0.29, 0.717) is 0 Å². The van der Waals surface area contributed by atoms with Crippen LogP contribution in [0.3, 0.4) is 0 Å². The maximum absolute atomic E-state index is 13.8. The molecule has 7 nitrogen and oxygen atoms in total. The number of rotatable bonds is 2. The fourth-order valence-corrected chi connectivity index (χ4v) is 2.50. The molecule has 0 saturated carbocycles. The number of aliphatic hydroxyl groups excluding tert-OH is 2. The topological polar surface area (TPSA) is 99.1 Å². The van der Waals surface area contributed by atoms with Crippen LogP contribution in [0.25, 0.3) is 0 Å². The minimum absolute atomic E-state index is 0.00117. The first-order chi connectivity index (χ1) is 8.45. The smallest absolute Gasteiger partial charge is 0.326 e. The number of urea groups is 1. The summed E-state index contributed by atoms with van der Waals surface area (Å²) in [6, 6.07) is -0.758. The molecule has 3 N–H and O–H groups in total. The average Bonchev–Trinajstić information content (AvgIpc) is 2.61. The number of aliphatic hydroxyl groups is 2. The van der Waals surface area contributed by atoms with Crippen molar-refractivity contribution < 1.29 is 28.9 Å². The fourth-order valence-electron chi connectivity index (χ4n) is 1.92. The predicted octanol–water partition coefficient (Wildman–Crippen LogP) is -1.24. The van der Waals surface area contributed by atoms with Crippen LogP contribution in [-0.2, 0) is 9.53 Å². The highest BCUT2D eigenvalue weighted by molar-refractivity contribution is 14.1. The van der Waals surface area contributed by atoms with Crippen molar-refractivity contribution in [2.24, 2.45) is 0 Å². The zero-order valence-corrected chi connectivity index (χ0v) is 11.3. The molecule has 0 aromatic rings. The zero-order valence-electron chi connectivity index (χ0n) is 9.12. The van der Waals surface area contributed by atoms with Crippen molar-refractivity contribution >= 4 is 34.5 Å². The Balaban J connectivity index is 2.12. The molecule has 18 heavy (non-hydrogen) atoms. The number of nitrogens with one attached hydrogen (secondary N) is 1. The number of halogens is 2. The Morgan fingerprint density at radius 2 is 2.22 bits per heavy atom. The van der Waals surface area contributed by atoms with Crippen LogP contribution in [0.2, 0.25) is 0 Å². The maximum Gasteiger partial charge on any atom is 0.326 e. The predicted molar refractivity (Wildman–Crippen MR) is 64.7 cm³/mol. The minimum Gasteiger partial charge on any atom is -0.394 e. The molecule has 0 aliphatic carbocycles. The summed E-state index contributed by atoms with van der Waals surface area (Å²) in [5, 5.41) is 20.5. The molecule has 0 aromatic heterocycles. The third-order valence-electron chi connectivity index (χ3n) is 2.91. The lowest BCUT2D eigenvalue weighted by atomic mass is 10.1. The van der Waals surface area contributed by atoms with Gasteiger partial charge in [-0.15, -0.1) is 0 Å². The number of hydrogen-bond donors (Lipinski definition) is 3. The number of carbonyl (C=O) groups excluding carboxylic acids is 2. The van der Waals surface area contributed by atoms with Crippen molar-refractivity contribution in [3.8, 4) is 0 Å². The van der Waals surface area contributed by atoms with E-state index in [2.05, 4.69) is 5.32 Å². The monoisotopic (exact) mass is 374 g/mol. The van der Waals surface area contributed by atoms with Crippen LogP contribution < -0.4 is 5.32 Å². The molecule has 2 heterocycles. The Kier molecular flexibility index (Phi) is 4.04. The molecule has 2 aliphatic rings. The highest BCUT2D eigenvalue weighted by Crippen LogP contribution is 2.28. The van der Waals surface area contributed by atoms with Crippen molar-refractivity contribution in [2.45, 2.75) is 28.5 Å². The molecule has 2 saturated heterocycles. The third-order valence-corrected chi connectivity index (χ3v) is 3.87. The summed E-state index contributed by atoms with van der Waals surface area (Å²) < 4.78 is 18.4. The quantitative estimate of drug-likeness (QED) is 0.415. The molecule has 1 unspecified atom stereocenters. The minimum atomic E-state index is -1.82. The van der Waals surface area contributed by atoms with Crippen LogP contribution in [0.5, 0.6) is 0 Å². The lowest BCUT2D eigenvalue weighted by Gasteiger charge is -2.34. The van der Waals surface area contributed by atoms with E-state index >= 15 is 0 Å². The summed E-state index contributed by atoms with van der Waals surface area (Å²) in [4.78, 5) is 23.8. The summed E-state index contributed by atoms with van der Waals surface area (Å²) in [6.45, 7) is -0.540. The van der Waals surface area contributed by atoms with Gasteiger partial charge in [0.2, 0.25) is 5.91 Å². The van der Waals surface area contributed by atoms with Gasteiger partial charge in [0.25, 0.3) is 0 Å². The fraction of sp³-hybridized carbons (Fsp3) is 0.778. The van der Waals surface area contributed by atoms with E-state index in [1.54, 1.807) is 0 Å². The Labute approximate surface area is 115 Å². The second-order valence-corrected chi connectivity index (χ2v) is 5.60. The van der Waals surface area contributed by atoms with Gasteiger partial charge in [0.1, 0.15) is 16.1 Å². The van der Waals surface area contributed by atoms with Gasteiger partial charge in [-0.3, -0.25) is 15.0 Å². The second-order valence-electron chi connectivity index (χ2n) is 4.10. The van der Waals surface area contributed by atoms with E-state index in [9.17, 15) is 19.1 Å². The highest BCUT2D eigenvalue weighted by Gasteiger charge is 2.49. The first-order valence-electron chi connectivity index (χ1n) is 5.29. The maximum atomic E-state index is 13.8. The summed E-state index contributed by atoms with van der Waals surface area (Å²) in [7, 11) is 0.